The maximum Gasteiger partial charge on any atom is 0.0628 e. The van der Waals surface area contributed by atoms with Crippen molar-refractivity contribution < 1.29 is 0 Å². The SMILES string of the molecule is N#CCC1(CNCCn2cccn2)CC1. The van der Waals surface area contributed by atoms with Crippen LogP contribution in [0.3, 0.4) is 0 Å². The Hall–Kier alpha value is -1.34. The average molecular weight is 204 g/mol. The number of nitrogens with one attached hydrogen (secondary N) is 1. The van der Waals surface area contributed by atoms with Crippen molar-refractivity contribution in [2.45, 2.75) is 25.8 Å². The molecule has 0 saturated heterocycles. The van der Waals surface area contributed by atoms with E-state index in [0.717, 1.165) is 19.6 Å². The fourth-order valence-electron chi connectivity index (χ4n) is 1.74. The lowest BCUT2D eigenvalue weighted by atomic mass is 10.0. The van der Waals surface area contributed by atoms with E-state index in [1.54, 1.807) is 6.20 Å². The Bertz CT molecular complexity index is 332. The van der Waals surface area contributed by atoms with Crippen molar-refractivity contribution in [2.24, 2.45) is 5.41 Å². The van der Waals surface area contributed by atoms with E-state index in [9.17, 15) is 0 Å². The van der Waals surface area contributed by atoms with E-state index in [-0.39, 0.29) is 0 Å². The van der Waals surface area contributed by atoms with Gasteiger partial charge in [0.25, 0.3) is 0 Å². The van der Waals surface area contributed by atoms with Gasteiger partial charge in [-0.05, 0) is 24.3 Å². The standard InChI is InChI=1S/C11H16N4/c12-5-4-11(2-3-11)10-13-7-9-15-8-1-6-14-15/h1,6,8,13H,2-4,7,9-10H2. The molecule has 0 unspecified atom stereocenters. The monoisotopic (exact) mass is 204 g/mol. The van der Waals surface area contributed by atoms with Crippen LogP contribution in [0.1, 0.15) is 19.3 Å². The quantitative estimate of drug-likeness (QED) is 0.708. The summed E-state index contributed by atoms with van der Waals surface area (Å²) in [5.74, 6) is 0. The molecule has 15 heavy (non-hydrogen) atoms. The summed E-state index contributed by atoms with van der Waals surface area (Å²) in [7, 11) is 0. The number of rotatable bonds is 6. The van der Waals surface area contributed by atoms with Crippen molar-refractivity contribution in [3.8, 4) is 6.07 Å². The lowest BCUT2D eigenvalue weighted by molar-refractivity contribution is 0.449. The van der Waals surface area contributed by atoms with Gasteiger partial charge in [-0.3, -0.25) is 4.68 Å². The summed E-state index contributed by atoms with van der Waals surface area (Å²) in [6.07, 6.45) is 6.86. The minimum absolute atomic E-state index is 0.304. The fourth-order valence-corrected chi connectivity index (χ4v) is 1.74. The van der Waals surface area contributed by atoms with Crippen LogP contribution in [0.15, 0.2) is 18.5 Å². The van der Waals surface area contributed by atoms with Crippen LogP contribution in [0, 0.1) is 16.7 Å². The molecule has 0 bridgehead atoms. The predicted octanol–water partition coefficient (Wildman–Crippen LogP) is 1.17. The summed E-state index contributed by atoms with van der Waals surface area (Å²) in [4.78, 5) is 0. The molecular formula is C11H16N4. The van der Waals surface area contributed by atoms with Crippen LogP contribution in [-0.2, 0) is 6.54 Å². The first-order chi connectivity index (χ1) is 7.35. The minimum Gasteiger partial charge on any atom is -0.314 e. The topological polar surface area (TPSA) is 53.6 Å². The van der Waals surface area contributed by atoms with Gasteiger partial charge in [0.2, 0.25) is 0 Å². The Morgan fingerprint density at radius 3 is 3.00 bits per heavy atom. The zero-order valence-electron chi connectivity index (χ0n) is 8.82. The number of aromatic nitrogens is 2. The largest absolute Gasteiger partial charge is 0.314 e. The molecule has 1 heterocycles. The van der Waals surface area contributed by atoms with Gasteiger partial charge >= 0.3 is 0 Å². The Labute approximate surface area is 89.9 Å². The molecule has 0 aliphatic heterocycles. The molecule has 0 amide bonds. The van der Waals surface area contributed by atoms with Crippen LogP contribution < -0.4 is 5.32 Å². The average Bonchev–Trinajstić information content (AvgIpc) is 2.80. The summed E-state index contributed by atoms with van der Waals surface area (Å²) in [5.41, 5.74) is 0.304. The smallest absolute Gasteiger partial charge is 0.0628 e. The lowest BCUT2D eigenvalue weighted by Crippen LogP contribution is -2.27. The van der Waals surface area contributed by atoms with Crippen molar-refractivity contribution in [1.82, 2.24) is 15.1 Å². The van der Waals surface area contributed by atoms with Crippen molar-refractivity contribution >= 4 is 0 Å². The van der Waals surface area contributed by atoms with Gasteiger partial charge in [0.05, 0.1) is 12.6 Å². The number of hydrogen-bond acceptors (Lipinski definition) is 3. The molecule has 4 nitrogen and oxygen atoms in total. The number of nitrogens with zero attached hydrogens (tertiary/aromatic N) is 3. The second-order valence-electron chi connectivity index (χ2n) is 4.28. The van der Waals surface area contributed by atoms with Crippen molar-refractivity contribution in [1.29, 1.82) is 5.26 Å². The minimum atomic E-state index is 0.304. The molecule has 1 N–H and O–H groups in total. The van der Waals surface area contributed by atoms with Crippen LogP contribution >= 0.6 is 0 Å². The van der Waals surface area contributed by atoms with Gasteiger partial charge in [0, 0.05) is 31.9 Å². The first-order valence-electron chi connectivity index (χ1n) is 5.40. The highest BCUT2D eigenvalue weighted by atomic mass is 15.3. The van der Waals surface area contributed by atoms with Crippen LogP contribution in [0.4, 0.5) is 0 Å². The van der Waals surface area contributed by atoms with E-state index in [1.165, 1.54) is 12.8 Å². The molecule has 0 spiro atoms. The molecular weight excluding hydrogens is 188 g/mol. The van der Waals surface area contributed by atoms with Crippen LogP contribution in [-0.4, -0.2) is 22.9 Å². The molecule has 2 rings (SSSR count). The van der Waals surface area contributed by atoms with E-state index >= 15 is 0 Å². The molecule has 1 aliphatic rings. The highest BCUT2D eigenvalue weighted by Crippen LogP contribution is 2.47. The van der Waals surface area contributed by atoms with Crippen LogP contribution in [0.5, 0.6) is 0 Å². The van der Waals surface area contributed by atoms with Crippen molar-refractivity contribution in [3.05, 3.63) is 18.5 Å². The predicted molar refractivity (Wildman–Crippen MR) is 57.0 cm³/mol. The Morgan fingerprint density at radius 1 is 1.53 bits per heavy atom. The lowest BCUT2D eigenvalue weighted by Gasteiger charge is -2.11. The van der Waals surface area contributed by atoms with E-state index in [2.05, 4.69) is 16.5 Å². The maximum atomic E-state index is 8.66. The first kappa shape index (κ1) is 10.2. The molecule has 4 heteroatoms. The van der Waals surface area contributed by atoms with Gasteiger partial charge in [0.1, 0.15) is 0 Å². The number of hydrogen-bond donors (Lipinski definition) is 1. The normalized spacial score (nSPS) is 17.3. The molecule has 1 aromatic heterocycles. The highest BCUT2D eigenvalue weighted by molar-refractivity contribution is 5.00. The van der Waals surface area contributed by atoms with Gasteiger partial charge in [-0.1, -0.05) is 0 Å². The molecule has 0 radical (unpaired) electrons. The summed E-state index contributed by atoms with van der Waals surface area (Å²) in [6, 6.07) is 4.20. The molecule has 1 fully saturated rings. The molecule has 80 valence electrons. The van der Waals surface area contributed by atoms with Gasteiger partial charge in [-0.15, -0.1) is 0 Å². The molecule has 0 atom stereocenters. The van der Waals surface area contributed by atoms with E-state index in [1.807, 2.05) is 16.9 Å². The molecule has 1 aliphatic carbocycles. The van der Waals surface area contributed by atoms with Crippen LogP contribution in [0.25, 0.3) is 0 Å². The van der Waals surface area contributed by atoms with Gasteiger partial charge < -0.3 is 5.32 Å². The Kier molecular flexibility index (Phi) is 3.02. The van der Waals surface area contributed by atoms with Gasteiger partial charge in [-0.25, -0.2) is 0 Å². The maximum absolute atomic E-state index is 8.66. The third kappa shape index (κ3) is 2.80. The Balaban J connectivity index is 1.62. The summed E-state index contributed by atoms with van der Waals surface area (Å²) in [5, 5.41) is 16.2. The fraction of sp³-hybridized carbons (Fsp3) is 0.636. The zero-order chi connectivity index (χ0) is 10.6. The van der Waals surface area contributed by atoms with Crippen molar-refractivity contribution in [3.63, 3.8) is 0 Å². The van der Waals surface area contributed by atoms with E-state index in [0.29, 0.717) is 11.8 Å². The third-order valence-electron chi connectivity index (χ3n) is 2.99. The summed E-state index contributed by atoms with van der Waals surface area (Å²) < 4.78 is 1.91. The summed E-state index contributed by atoms with van der Waals surface area (Å²) in [6.45, 7) is 2.80. The van der Waals surface area contributed by atoms with Gasteiger partial charge in [-0.2, -0.15) is 10.4 Å². The zero-order valence-corrected chi connectivity index (χ0v) is 8.82. The second-order valence-corrected chi connectivity index (χ2v) is 4.28. The highest BCUT2D eigenvalue weighted by Gasteiger charge is 2.41. The van der Waals surface area contributed by atoms with E-state index in [4.69, 9.17) is 5.26 Å². The second kappa shape index (κ2) is 4.45. The summed E-state index contributed by atoms with van der Waals surface area (Å²) >= 11 is 0. The third-order valence-corrected chi connectivity index (χ3v) is 2.99. The molecule has 0 aromatic carbocycles. The first-order valence-corrected chi connectivity index (χ1v) is 5.40. The molecule has 1 saturated carbocycles. The van der Waals surface area contributed by atoms with Crippen molar-refractivity contribution in [2.75, 3.05) is 13.1 Å². The van der Waals surface area contributed by atoms with Crippen LogP contribution in [0.2, 0.25) is 0 Å². The Morgan fingerprint density at radius 2 is 2.40 bits per heavy atom. The number of nitriles is 1. The van der Waals surface area contributed by atoms with Gasteiger partial charge in [0.15, 0.2) is 0 Å². The van der Waals surface area contributed by atoms with E-state index < -0.39 is 0 Å². The molecule has 1 aromatic rings.